The molecule has 0 spiro atoms. The van der Waals surface area contributed by atoms with Gasteiger partial charge < -0.3 is 4.74 Å². The molecule has 1 aliphatic rings. The summed E-state index contributed by atoms with van der Waals surface area (Å²) in [5.74, 6) is -0.147. The Hall–Kier alpha value is -1.81. The van der Waals surface area contributed by atoms with E-state index in [4.69, 9.17) is 4.74 Å². The van der Waals surface area contributed by atoms with Gasteiger partial charge in [-0.3, -0.25) is 10.1 Å². The molecule has 4 heteroatoms. The number of ether oxygens (including phenoxy) is 1. The van der Waals surface area contributed by atoms with Crippen LogP contribution in [0.5, 0.6) is 0 Å². The lowest BCUT2D eigenvalue weighted by molar-refractivity contribution is -0.155. The molecule has 0 amide bonds. The second-order valence-corrected chi connectivity index (χ2v) is 7.48. The van der Waals surface area contributed by atoms with Gasteiger partial charge in [-0.25, -0.2) is 0 Å². The van der Waals surface area contributed by atoms with Crippen LogP contribution in [0.1, 0.15) is 45.1 Å². The van der Waals surface area contributed by atoms with Gasteiger partial charge >= 0.3 is 5.97 Å². The van der Waals surface area contributed by atoms with Crippen LogP contribution in [0.25, 0.3) is 10.8 Å². The van der Waals surface area contributed by atoms with Crippen molar-refractivity contribution in [3.8, 4) is 0 Å². The van der Waals surface area contributed by atoms with Crippen LogP contribution in [0.4, 0.5) is 0 Å². The predicted molar refractivity (Wildman–Crippen MR) is 101 cm³/mol. The van der Waals surface area contributed by atoms with Gasteiger partial charge in [-0.05, 0) is 61.9 Å². The summed E-state index contributed by atoms with van der Waals surface area (Å²) in [7, 11) is 2.10. The highest BCUT2D eigenvalue weighted by Crippen LogP contribution is 2.23. The van der Waals surface area contributed by atoms with E-state index in [0.29, 0.717) is 6.54 Å². The zero-order chi connectivity index (χ0) is 17.2. The van der Waals surface area contributed by atoms with Crippen molar-refractivity contribution in [2.45, 2.75) is 57.7 Å². The van der Waals surface area contributed by atoms with E-state index in [1.54, 1.807) is 0 Å². The quantitative estimate of drug-likeness (QED) is 0.678. The Kier molecular flexibility index (Phi) is 4.95. The summed E-state index contributed by atoms with van der Waals surface area (Å²) < 4.78 is 5.65. The van der Waals surface area contributed by atoms with Crippen LogP contribution in [0.15, 0.2) is 36.4 Å². The Balaban J connectivity index is 1.63. The van der Waals surface area contributed by atoms with Crippen LogP contribution < -0.4 is 10.8 Å². The van der Waals surface area contributed by atoms with Crippen LogP contribution in [0, 0.1) is 0 Å². The van der Waals surface area contributed by atoms with Crippen molar-refractivity contribution in [2.24, 2.45) is 0 Å². The fourth-order valence-electron chi connectivity index (χ4n) is 3.22. The lowest BCUT2D eigenvalue weighted by Gasteiger charge is -2.26. The Morgan fingerprint density at radius 2 is 1.83 bits per heavy atom. The van der Waals surface area contributed by atoms with E-state index < -0.39 is 5.54 Å². The van der Waals surface area contributed by atoms with Crippen molar-refractivity contribution >= 4 is 30.1 Å². The standard InChI is InChI=1S/C20H26BNO2/c1-20(2,19(23)24-18-5-3-4-6-18)22-13-14-7-8-16-12-17(21)10-9-15(16)11-14/h7-12,18,22H,3-6,13,21H2,1-2H3. The van der Waals surface area contributed by atoms with E-state index in [0.717, 1.165) is 12.8 Å². The smallest absolute Gasteiger partial charge is 0.326 e. The molecule has 3 nitrogen and oxygen atoms in total. The summed E-state index contributed by atoms with van der Waals surface area (Å²) in [6, 6.07) is 12.9. The molecule has 126 valence electrons. The first kappa shape index (κ1) is 17.0. The third-order valence-corrected chi connectivity index (χ3v) is 4.88. The Morgan fingerprint density at radius 3 is 2.58 bits per heavy atom. The minimum Gasteiger partial charge on any atom is -0.461 e. The average Bonchev–Trinajstić information content (AvgIpc) is 3.06. The van der Waals surface area contributed by atoms with Gasteiger partial charge in [0.15, 0.2) is 0 Å². The van der Waals surface area contributed by atoms with Crippen molar-refractivity contribution in [3.05, 3.63) is 42.0 Å². The van der Waals surface area contributed by atoms with Crippen LogP contribution in [0.2, 0.25) is 0 Å². The summed E-state index contributed by atoms with van der Waals surface area (Å²) in [6.07, 6.45) is 4.46. The highest BCUT2D eigenvalue weighted by Gasteiger charge is 2.31. The molecular formula is C20H26BNO2. The minimum absolute atomic E-state index is 0.113. The molecule has 0 unspecified atom stereocenters. The van der Waals surface area contributed by atoms with Gasteiger partial charge in [0.1, 0.15) is 19.5 Å². The average molecular weight is 323 g/mol. The normalized spacial score (nSPS) is 15.8. The first-order valence-corrected chi connectivity index (χ1v) is 8.89. The number of hydrogen-bond acceptors (Lipinski definition) is 3. The molecule has 1 aliphatic carbocycles. The number of benzene rings is 2. The SMILES string of the molecule is Bc1ccc2cc(CNC(C)(C)C(=O)OC3CCCC3)ccc2c1. The van der Waals surface area contributed by atoms with E-state index in [-0.39, 0.29) is 12.1 Å². The number of carbonyl (C=O) groups excluding carboxylic acids is 1. The fourth-order valence-corrected chi connectivity index (χ4v) is 3.22. The van der Waals surface area contributed by atoms with E-state index in [1.807, 2.05) is 13.8 Å². The number of fused-ring (bicyclic) bond motifs is 1. The number of hydrogen-bond donors (Lipinski definition) is 1. The Labute approximate surface area is 145 Å². The molecule has 0 aliphatic heterocycles. The summed E-state index contributed by atoms with van der Waals surface area (Å²) in [5, 5.41) is 5.83. The molecule has 0 heterocycles. The second kappa shape index (κ2) is 6.98. The molecule has 2 aromatic carbocycles. The molecule has 0 saturated heterocycles. The fraction of sp³-hybridized carbons (Fsp3) is 0.450. The van der Waals surface area contributed by atoms with E-state index >= 15 is 0 Å². The summed E-state index contributed by atoms with van der Waals surface area (Å²) in [6.45, 7) is 4.44. The first-order valence-electron chi connectivity index (χ1n) is 8.89. The van der Waals surface area contributed by atoms with Crippen molar-refractivity contribution < 1.29 is 9.53 Å². The van der Waals surface area contributed by atoms with E-state index in [2.05, 4.69) is 49.6 Å². The van der Waals surface area contributed by atoms with Gasteiger partial charge in [-0.15, -0.1) is 0 Å². The number of nitrogens with one attached hydrogen (secondary N) is 1. The number of rotatable bonds is 5. The molecule has 0 atom stereocenters. The van der Waals surface area contributed by atoms with Gasteiger partial charge in [0.25, 0.3) is 0 Å². The highest BCUT2D eigenvalue weighted by molar-refractivity contribution is 6.33. The summed E-state index contributed by atoms with van der Waals surface area (Å²) >= 11 is 0. The van der Waals surface area contributed by atoms with Crippen molar-refractivity contribution in [1.29, 1.82) is 0 Å². The van der Waals surface area contributed by atoms with Gasteiger partial charge in [-0.1, -0.05) is 35.8 Å². The molecule has 0 radical (unpaired) electrons. The molecule has 1 N–H and O–H groups in total. The van der Waals surface area contributed by atoms with Gasteiger partial charge in [0, 0.05) is 6.54 Å². The lowest BCUT2D eigenvalue weighted by Crippen LogP contribution is -2.48. The van der Waals surface area contributed by atoms with Crippen molar-refractivity contribution in [1.82, 2.24) is 5.32 Å². The second-order valence-electron chi connectivity index (χ2n) is 7.48. The van der Waals surface area contributed by atoms with Gasteiger partial charge in [0.2, 0.25) is 0 Å². The van der Waals surface area contributed by atoms with E-state index in [9.17, 15) is 4.79 Å². The predicted octanol–water partition coefficient (Wildman–Crippen LogP) is 2.45. The molecule has 1 saturated carbocycles. The van der Waals surface area contributed by atoms with Crippen molar-refractivity contribution in [2.75, 3.05) is 0 Å². The first-order chi connectivity index (χ1) is 11.4. The molecular weight excluding hydrogens is 297 g/mol. The summed E-state index contributed by atoms with van der Waals surface area (Å²) in [5.41, 5.74) is 1.77. The van der Waals surface area contributed by atoms with Crippen LogP contribution in [0.3, 0.4) is 0 Å². The maximum absolute atomic E-state index is 12.4. The van der Waals surface area contributed by atoms with Gasteiger partial charge in [-0.2, -0.15) is 0 Å². The molecule has 2 aromatic rings. The van der Waals surface area contributed by atoms with E-state index in [1.165, 1.54) is 34.6 Å². The minimum atomic E-state index is -0.676. The lowest BCUT2D eigenvalue weighted by atomic mass is 9.93. The molecule has 24 heavy (non-hydrogen) atoms. The van der Waals surface area contributed by atoms with Crippen LogP contribution in [-0.2, 0) is 16.1 Å². The summed E-state index contributed by atoms with van der Waals surface area (Å²) in [4.78, 5) is 12.4. The zero-order valence-electron chi connectivity index (χ0n) is 14.9. The van der Waals surface area contributed by atoms with Crippen LogP contribution >= 0.6 is 0 Å². The number of carbonyl (C=O) groups is 1. The topological polar surface area (TPSA) is 38.3 Å². The maximum Gasteiger partial charge on any atom is 0.326 e. The third kappa shape index (κ3) is 3.99. The maximum atomic E-state index is 12.4. The Bertz CT molecular complexity index is 735. The third-order valence-electron chi connectivity index (χ3n) is 4.88. The van der Waals surface area contributed by atoms with Gasteiger partial charge in [0.05, 0.1) is 0 Å². The Morgan fingerprint density at radius 1 is 1.17 bits per heavy atom. The molecule has 0 aromatic heterocycles. The molecule has 3 rings (SSSR count). The molecule has 0 bridgehead atoms. The van der Waals surface area contributed by atoms with Crippen molar-refractivity contribution in [3.63, 3.8) is 0 Å². The number of esters is 1. The monoisotopic (exact) mass is 323 g/mol. The highest BCUT2D eigenvalue weighted by atomic mass is 16.5. The van der Waals surface area contributed by atoms with Crippen LogP contribution in [-0.4, -0.2) is 25.5 Å². The zero-order valence-corrected chi connectivity index (χ0v) is 14.9. The largest absolute Gasteiger partial charge is 0.461 e. The molecule has 1 fully saturated rings.